The summed E-state index contributed by atoms with van der Waals surface area (Å²) in [6.45, 7) is 1.66. The lowest BCUT2D eigenvalue weighted by Crippen LogP contribution is -2.32. The van der Waals surface area contributed by atoms with Gasteiger partial charge in [0.05, 0.1) is 12.4 Å². The average Bonchev–Trinajstić information content (AvgIpc) is 3.29. The lowest BCUT2D eigenvalue weighted by atomic mass is 9.89. The number of carbonyl (C=O) groups excluding carboxylic acids is 1. The average molecular weight is 335 g/mol. The van der Waals surface area contributed by atoms with Crippen LogP contribution in [0.5, 0.6) is 5.75 Å². The summed E-state index contributed by atoms with van der Waals surface area (Å²) in [5, 5.41) is 3.32. The zero-order valence-corrected chi connectivity index (χ0v) is 13.7. The van der Waals surface area contributed by atoms with E-state index in [-0.39, 0.29) is 5.92 Å². The van der Waals surface area contributed by atoms with Gasteiger partial charge in [0, 0.05) is 42.8 Å². The molecule has 25 heavy (non-hydrogen) atoms. The highest BCUT2D eigenvalue weighted by Crippen LogP contribution is 2.40. The summed E-state index contributed by atoms with van der Waals surface area (Å²) < 4.78 is 5.88. The van der Waals surface area contributed by atoms with Gasteiger partial charge in [-0.25, -0.2) is 0 Å². The van der Waals surface area contributed by atoms with Crippen LogP contribution in [0.4, 0.5) is 0 Å². The number of pyridine rings is 1. The number of hydrogen-bond acceptors (Lipinski definition) is 5. The fourth-order valence-electron chi connectivity index (χ4n) is 3.38. The van der Waals surface area contributed by atoms with Gasteiger partial charge in [0.1, 0.15) is 5.75 Å². The number of ether oxygens (including phenoxy) is 1. The van der Waals surface area contributed by atoms with Gasteiger partial charge in [-0.15, -0.1) is 0 Å². The topological polar surface area (TPSA) is 89.6 Å². The third kappa shape index (κ3) is 3.07. The van der Waals surface area contributed by atoms with Gasteiger partial charge < -0.3 is 15.8 Å². The minimum absolute atomic E-state index is 0.0247. The Morgan fingerprint density at radius 3 is 3.08 bits per heavy atom. The monoisotopic (exact) mass is 335 g/mol. The summed E-state index contributed by atoms with van der Waals surface area (Å²) in [5.74, 6) is 1.23. The van der Waals surface area contributed by atoms with Gasteiger partial charge in [-0.2, -0.15) is 0 Å². The summed E-state index contributed by atoms with van der Waals surface area (Å²) in [4.78, 5) is 20.6. The van der Waals surface area contributed by atoms with Crippen molar-refractivity contribution in [2.45, 2.75) is 24.9 Å². The predicted octanol–water partition coefficient (Wildman–Crippen LogP) is 1.19. The minimum atomic E-state index is -0.615. The normalized spacial score (nSPS) is 19.5. The number of fused-ring (bicyclic) bond motifs is 1. The van der Waals surface area contributed by atoms with Gasteiger partial charge in [0.2, 0.25) is 0 Å². The van der Waals surface area contributed by atoms with Crippen molar-refractivity contribution in [1.82, 2.24) is 10.3 Å². The largest absolute Gasteiger partial charge is 0.480 e. The van der Waals surface area contributed by atoms with Crippen molar-refractivity contribution in [3.63, 3.8) is 0 Å². The van der Waals surface area contributed by atoms with Gasteiger partial charge >= 0.3 is 0 Å². The van der Waals surface area contributed by atoms with Gasteiger partial charge in [0.15, 0.2) is 6.10 Å². The van der Waals surface area contributed by atoms with E-state index in [9.17, 15) is 4.79 Å². The van der Waals surface area contributed by atoms with E-state index in [0.29, 0.717) is 12.8 Å². The number of aromatic nitrogens is 1. The van der Waals surface area contributed by atoms with Crippen molar-refractivity contribution in [2.75, 3.05) is 13.1 Å². The fourth-order valence-corrected chi connectivity index (χ4v) is 3.38. The molecule has 2 unspecified atom stereocenters. The number of rotatable bonds is 5. The van der Waals surface area contributed by atoms with Crippen molar-refractivity contribution >= 4 is 11.7 Å². The molecule has 0 saturated carbocycles. The molecular weight excluding hydrogens is 316 g/mol. The highest BCUT2D eigenvalue weighted by molar-refractivity contribution is 5.85. The Balaban J connectivity index is 1.74. The minimum Gasteiger partial charge on any atom is -0.480 e. The van der Waals surface area contributed by atoms with Crippen LogP contribution in [0.1, 0.15) is 29.2 Å². The maximum atomic E-state index is 11.5. The lowest BCUT2D eigenvalue weighted by Gasteiger charge is -2.20. The number of amides is 1. The van der Waals surface area contributed by atoms with Gasteiger partial charge in [-0.3, -0.25) is 14.8 Å². The summed E-state index contributed by atoms with van der Waals surface area (Å²) >= 11 is 0. The van der Waals surface area contributed by atoms with E-state index in [1.165, 1.54) is 0 Å². The zero-order valence-electron chi connectivity index (χ0n) is 13.7. The quantitative estimate of drug-likeness (QED) is 0.859. The van der Waals surface area contributed by atoms with Crippen LogP contribution in [0.2, 0.25) is 0 Å². The van der Waals surface area contributed by atoms with Crippen LogP contribution in [-0.4, -0.2) is 35.9 Å². The molecule has 0 fully saturated rings. The number of nitrogens with zero attached hydrogens (tertiary/aromatic N) is 2. The van der Waals surface area contributed by atoms with Gasteiger partial charge in [0.25, 0.3) is 5.91 Å². The zero-order chi connectivity index (χ0) is 17.2. The number of nitrogens with one attached hydrogen (secondary N) is 1. The molecule has 0 aliphatic carbocycles. The number of carbonyl (C=O) groups is 1. The van der Waals surface area contributed by atoms with E-state index in [4.69, 9.17) is 10.5 Å². The van der Waals surface area contributed by atoms with Crippen LogP contribution in [0.25, 0.3) is 0 Å². The van der Waals surface area contributed by atoms with E-state index in [1.54, 1.807) is 6.20 Å². The van der Waals surface area contributed by atoms with Crippen LogP contribution in [0.3, 0.4) is 0 Å². The van der Waals surface area contributed by atoms with E-state index in [1.807, 2.05) is 30.3 Å². The highest BCUT2D eigenvalue weighted by Gasteiger charge is 2.32. The number of benzene rings is 1. The lowest BCUT2D eigenvalue weighted by molar-refractivity contribution is -0.123. The molecule has 3 N–H and O–H groups in total. The van der Waals surface area contributed by atoms with E-state index >= 15 is 0 Å². The van der Waals surface area contributed by atoms with E-state index in [0.717, 1.165) is 41.5 Å². The first-order valence-corrected chi connectivity index (χ1v) is 8.39. The Morgan fingerprint density at radius 2 is 2.36 bits per heavy atom. The SMILES string of the molecule is NC(=O)C1Cc2c[c]cc(C(CC3=NCCN3)c3ccccn3)c2O1. The number of hydrogen-bond donors (Lipinski definition) is 2. The second kappa shape index (κ2) is 6.55. The number of primary amides is 1. The number of amidine groups is 1. The second-order valence-corrected chi connectivity index (χ2v) is 6.24. The first-order chi connectivity index (χ1) is 12.2. The van der Waals surface area contributed by atoms with E-state index < -0.39 is 12.0 Å². The smallest absolute Gasteiger partial charge is 0.258 e. The van der Waals surface area contributed by atoms with Crippen LogP contribution >= 0.6 is 0 Å². The molecule has 6 heteroatoms. The molecule has 1 aromatic heterocycles. The molecule has 3 heterocycles. The van der Waals surface area contributed by atoms with Crippen LogP contribution < -0.4 is 15.8 Å². The Morgan fingerprint density at radius 1 is 1.44 bits per heavy atom. The van der Waals surface area contributed by atoms with Crippen LogP contribution in [0, 0.1) is 6.07 Å². The second-order valence-electron chi connectivity index (χ2n) is 6.24. The number of nitrogens with two attached hydrogens (primary N) is 1. The van der Waals surface area contributed by atoms with Crippen molar-refractivity contribution < 1.29 is 9.53 Å². The summed E-state index contributed by atoms with van der Waals surface area (Å²) in [7, 11) is 0. The van der Waals surface area contributed by atoms with Crippen molar-refractivity contribution in [3.05, 3.63) is 59.4 Å². The van der Waals surface area contributed by atoms with Crippen molar-refractivity contribution in [3.8, 4) is 5.75 Å². The third-order valence-electron chi connectivity index (χ3n) is 4.59. The van der Waals surface area contributed by atoms with Gasteiger partial charge in [-0.1, -0.05) is 6.07 Å². The van der Waals surface area contributed by atoms with E-state index in [2.05, 4.69) is 21.4 Å². The molecule has 6 nitrogen and oxygen atoms in total. The first kappa shape index (κ1) is 15.6. The third-order valence-corrected chi connectivity index (χ3v) is 4.59. The molecule has 0 bridgehead atoms. The number of aliphatic imine (C=N–C) groups is 1. The predicted molar refractivity (Wildman–Crippen MR) is 93.6 cm³/mol. The van der Waals surface area contributed by atoms with Crippen LogP contribution in [-0.2, 0) is 11.2 Å². The molecule has 1 amide bonds. The van der Waals surface area contributed by atoms with Crippen molar-refractivity contribution in [2.24, 2.45) is 10.7 Å². The Labute approximate surface area is 146 Å². The Bertz CT molecular complexity index is 819. The molecule has 2 aliphatic rings. The standard InChI is InChI=1S/C19H19N4O2/c20-19(24)16-10-12-4-3-5-13(18(12)25-16)14(11-17-22-8-9-23-17)15-6-1-2-7-21-15/h1-2,4-7,14,16H,8-11H2,(H2,20,24)(H,22,23). The molecular formula is C19H19N4O2. The van der Waals surface area contributed by atoms with Gasteiger partial charge in [-0.05, 0) is 35.9 Å². The first-order valence-electron chi connectivity index (χ1n) is 8.39. The Kier molecular flexibility index (Phi) is 4.09. The van der Waals surface area contributed by atoms with Crippen LogP contribution in [0.15, 0.2) is 41.5 Å². The fraction of sp³-hybridized carbons (Fsp3) is 0.316. The Hall–Kier alpha value is -2.89. The maximum absolute atomic E-state index is 11.5. The molecule has 1 radical (unpaired) electrons. The molecule has 0 spiro atoms. The molecule has 2 aromatic rings. The summed E-state index contributed by atoms with van der Waals surface area (Å²) in [5.41, 5.74) is 8.30. The maximum Gasteiger partial charge on any atom is 0.258 e. The summed E-state index contributed by atoms with van der Waals surface area (Å²) in [6, 6.07) is 12.8. The molecule has 0 saturated heterocycles. The van der Waals surface area contributed by atoms with Crippen molar-refractivity contribution in [1.29, 1.82) is 0 Å². The summed E-state index contributed by atoms with van der Waals surface area (Å²) in [6.07, 6.45) is 2.36. The molecule has 2 atom stereocenters. The highest BCUT2D eigenvalue weighted by atomic mass is 16.5. The molecule has 4 rings (SSSR count). The molecule has 2 aliphatic heterocycles. The molecule has 127 valence electrons. The molecule has 1 aromatic carbocycles.